The van der Waals surface area contributed by atoms with Crippen LogP contribution in [0.5, 0.6) is 0 Å². The normalized spacial score (nSPS) is 27.1. The van der Waals surface area contributed by atoms with Gasteiger partial charge in [0.2, 0.25) is 0 Å². The summed E-state index contributed by atoms with van der Waals surface area (Å²) in [5.41, 5.74) is 0. The number of rotatable bonds is 2. The molecule has 0 spiro atoms. The molecule has 0 aromatic rings. The number of methoxy groups -OCH3 is 1. The molecule has 0 aliphatic carbocycles. The lowest BCUT2D eigenvalue weighted by atomic mass is 10.2. The van der Waals surface area contributed by atoms with Gasteiger partial charge in [0.25, 0.3) is 0 Å². The van der Waals surface area contributed by atoms with Crippen molar-refractivity contribution >= 4 is 5.97 Å². The summed E-state index contributed by atoms with van der Waals surface area (Å²) in [5.74, 6) is -0.122. The van der Waals surface area contributed by atoms with Crippen LogP contribution in [0.15, 0.2) is 0 Å². The van der Waals surface area contributed by atoms with E-state index in [1.807, 2.05) is 6.92 Å². The molecule has 2 atom stereocenters. The topological polar surface area (TPSA) is 29.5 Å². The SMILES string of the molecule is COC(=O)[C@H](C)N1CCC[C@@H]1C. The minimum absolute atomic E-state index is 0.0764. The Morgan fingerprint density at radius 1 is 1.67 bits per heavy atom. The van der Waals surface area contributed by atoms with Crippen molar-refractivity contribution in [2.45, 2.75) is 38.8 Å². The smallest absolute Gasteiger partial charge is 0.322 e. The van der Waals surface area contributed by atoms with E-state index in [4.69, 9.17) is 4.74 Å². The second-order valence-corrected chi connectivity index (χ2v) is 3.43. The number of esters is 1. The van der Waals surface area contributed by atoms with Gasteiger partial charge >= 0.3 is 5.97 Å². The Morgan fingerprint density at radius 3 is 2.75 bits per heavy atom. The van der Waals surface area contributed by atoms with E-state index < -0.39 is 0 Å². The Kier molecular flexibility index (Phi) is 3.09. The van der Waals surface area contributed by atoms with E-state index in [9.17, 15) is 4.79 Å². The van der Waals surface area contributed by atoms with Crippen molar-refractivity contribution in [1.82, 2.24) is 4.90 Å². The molecule has 0 unspecified atom stereocenters. The number of carbonyl (C=O) groups is 1. The molecule has 1 saturated heterocycles. The zero-order chi connectivity index (χ0) is 9.14. The first-order valence-electron chi connectivity index (χ1n) is 4.50. The van der Waals surface area contributed by atoms with Gasteiger partial charge in [-0.3, -0.25) is 9.69 Å². The van der Waals surface area contributed by atoms with Gasteiger partial charge in [-0.05, 0) is 33.2 Å². The van der Waals surface area contributed by atoms with Gasteiger partial charge in [0.15, 0.2) is 0 Å². The van der Waals surface area contributed by atoms with Gasteiger partial charge in [0.05, 0.1) is 7.11 Å². The third-order valence-electron chi connectivity index (χ3n) is 2.64. The maximum atomic E-state index is 11.2. The number of likely N-dealkylation sites (tertiary alicyclic amines) is 1. The van der Waals surface area contributed by atoms with Crippen molar-refractivity contribution in [1.29, 1.82) is 0 Å². The largest absolute Gasteiger partial charge is 0.468 e. The van der Waals surface area contributed by atoms with Gasteiger partial charge in [0, 0.05) is 6.04 Å². The standard InChI is InChI=1S/C9H17NO2/c1-7-5-4-6-10(7)8(2)9(11)12-3/h7-8H,4-6H2,1-3H3/t7-,8-/m0/s1. The minimum atomic E-state index is -0.122. The average molecular weight is 171 g/mol. The van der Waals surface area contributed by atoms with E-state index in [-0.39, 0.29) is 12.0 Å². The fourth-order valence-electron chi connectivity index (χ4n) is 1.84. The molecule has 0 N–H and O–H groups in total. The van der Waals surface area contributed by atoms with Crippen LogP contribution in [-0.4, -0.2) is 36.6 Å². The summed E-state index contributed by atoms with van der Waals surface area (Å²) in [6.07, 6.45) is 2.39. The van der Waals surface area contributed by atoms with Crippen LogP contribution in [0, 0.1) is 0 Å². The molecule has 1 rings (SSSR count). The number of ether oxygens (including phenoxy) is 1. The summed E-state index contributed by atoms with van der Waals surface area (Å²) in [6, 6.07) is 0.451. The summed E-state index contributed by atoms with van der Waals surface area (Å²) >= 11 is 0. The molecular formula is C9H17NO2. The highest BCUT2D eigenvalue weighted by Crippen LogP contribution is 2.19. The van der Waals surface area contributed by atoms with E-state index in [2.05, 4.69) is 11.8 Å². The van der Waals surface area contributed by atoms with Crippen LogP contribution in [0.1, 0.15) is 26.7 Å². The third-order valence-corrected chi connectivity index (χ3v) is 2.64. The van der Waals surface area contributed by atoms with E-state index in [0.717, 1.165) is 6.54 Å². The molecule has 0 aromatic heterocycles. The summed E-state index contributed by atoms with van der Waals surface area (Å²) < 4.78 is 4.69. The molecule has 1 aliphatic rings. The predicted molar refractivity (Wildman–Crippen MR) is 46.9 cm³/mol. The highest BCUT2D eigenvalue weighted by Gasteiger charge is 2.29. The predicted octanol–water partition coefficient (Wildman–Crippen LogP) is 1.03. The fourth-order valence-corrected chi connectivity index (χ4v) is 1.84. The van der Waals surface area contributed by atoms with Crippen LogP contribution in [0.4, 0.5) is 0 Å². The van der Waals surface area contributed by atoms with E-state index >= 15 is 0 Å². The molecule has 0 aromatic carbocycles. The highest BCUT2D eigenvalue weighted by molar-refractivity contribution is 5.75. The first-order chi connectivity index (χ1) is 5.66. The number of carbonyl (C=O) groups excluding carboxylic acids is 1. The average Bonchev–Trinajstić information content (AvgIpc) is 2.48. The maximum absolute atomic E-state index is 11.2. The molecule has 70 valence electrons. The Balaban J connectivity index is 2.51. The van der Waals surface area contributed by atoms with Gasteiger partial charge in [-0.1, -0.05) is 0 Å². The Bertz CT molecular complexity index is 170. The van der Waals surface area contributed by atoms with E-state index in [0.29, 0.717) is 6.04 Å². The van der Waals surface area contributed by atoms with Crippen molar-refractivity contribution < 1.29 is 9.53 Å². The number of nitrogens with zero attached hydrogens (tertiary/aromatic N) is 1. The summed E-state index contributed by atoms with van der Waals surface area (Å²) in [4.78, 5) is 13.4. The molecule has 0 amide bonds. The Hall–Kier alpha value is -0.570. The van der Waals surface area contributed by atoms with E-state index in [1.165, 1.54) is 20.0 Å². The zero-order valence-corrected chi connectivity index (χ0v) is 8.04. The molecule has 1 aliphatic heterocycles. The molecule has 1 heterocycles. The summed E-state index contributed by atoms with van der Waals surface area (Å²) in [7, 11) is 1.44. The third kappa shape index (κ3) is 1.78. The van der Waals surface area contributed by atoms with Crippen LogP contribution < -0.4 is 0 Å². The Morgan fingerprint density at radius 2 is 2.33 bits per heavy atom. The first kappa shape index (κ1) is 9.52. The van der Waals surface area contributed by atoms with Crippen LogP contribution in [0.25, 0.3) is 0 Å². The molecule has 0 bridgehead atoms. The van der Waals surface area contributed by atoms with Gasteiger partial charge in [-0.25, -0.2) is 0 Å². The zero-order valence-electron chi connectivity index (χ0n) is 8.04. The second-order valence-electron chi connectivity index (χ2n) is 3.43. The molecular weight excluding hydrogens is 154 g/mol. The fraction of sp³-hybridized carbons (Fsp3) is 0.889. The maximum Gasteiger partial charge on any atom is 0.322 e. The van der Waals surface area contributed by atoms with Gasteiger partial charge < -0.3 is 4.74 Å². The lowest BCUT2D eigenvalue weighted by molar-refractivity contribution is -0.146. The van der Waals surface area contributed by atoms with Gasteiger partial charge in [-0.15, -0.1) is 0 Å². The van der Waals surface area contributed by atoms with Crippen molar-refractivity contribution in [3.8, 4) is 0 Å². The lowest BCUT2D eigenvalue weighted by Gasteiger charge is -2.26. The van der Waals surface area contributed by atoms with Crippen molar-refractivity contribution in [3.63, 3.8) is 0 Å². The van der Waals surface area contributed by atoms with E-state index in [1.54, 1.807) is 0 Å². The summed E-state index contributed by atoms with van der Waals surface area (Å²) in [6.45, 7) is 5.09. The van der Waals surface area contributed by atoms with Crippen LogP contribution in [0.3, 0.4) is 0 Å². The first-order valence-corrected chi connectivity index (χ1v) is 4.50. The molecule has 3 nitrogen and oxygen atoms in total. The van der Waals surface area contributed by atoms with Crippen LogP contribution in [-0.2, 0) is 9.53 Å². The number of hydrogen-bond donors (Lipinski definition) is 0. The van der Waals surface area contributed by atoms with Crippen molar-refractivity contribution in [2.24, 2.45) is 0 Å². The highest BCUT2D eigenvalue weighted by atomic mass is 16.5. The van der Waals surface area contributed by atoms with Crippen LogP contribution >= 0.6 is 0 Å². The molecule has 0 saturated carbocycles. The molecule has 3 heteroatoms. The molecule has 0 radical (unpaired) electrons. The number of hydrogen-bond acceptors (Lipinski definition) is 3. The van der Waals surface area contributed by atoms with Crippen molar-refractivity contribution in [3.05, 3.63) is 0 Å². The van der Waals surface area contributed by atoms with Gasteiger partial charge in [0.1, 0.15) is 6.04 Å². The summed E-state index contributed by atoms with van der Waals surface area (Å²) in [5, 5.41) is 0. The lowest BCUT2D eigenvalue weighted by Crippen LogP contribution is -2.41. The minimum Gasteiger partial charge on any atom is -0.468 e. The van der Waals surface area contributed by atoms with Gasteiger partial charge in [-0.2, -0.15) is 0 Å². The Labute approximate surface area is 73.7 Å². The molecule has 1 fully saturated rings. The quantitative estimate of drug-likeness (QED) is 0.581. The molecule has 12 heavy (non-hydrogen) atoms. The monoisotopic (exact) mass is 171 g/mol. The second kappa shape index (κ2) is 3.90. The van der Waals surface area contributed by atoms with Crippen LogP contribution in [0.2, 0.25) is 0 Å². The van der Waals surface area contributed by atoms with Crippen molar-refractivity contribution in [2.75, 3.05) is 13.7 Å².